The van der Waals surface area contributed by atoms with Crippen LogP contribution < -0.4 is 10.9 Å². The number of benzene rings is 2. The Bertz CT molecular complexity index is 1180. The predicted molar refractivity (Wildman–Crippen MR) is 99.6 cm³/mol. The van der Waals surface area contributed by atoms with Crippen molar-refractivity contribution in [3.8, 4) is 11.1 Å². The molecule has 2 N–H and O–H groups in total. The van der Waals surface area contributed by atoms with Crippen molar-refractivity contribution in [1.82, 2.24) is 9.97 Å². The molecule has 0 atom stereocenters. The van der Waals surface area contributed by atoms with E-state index < -0.39 is 0 Å². The molecule has 5 heteroatoms. The molecular formula is C20H15N3O2. The van der Waals surface area contributed by atoms with E-state index in [1.807, 2.05) is 48.5 Å². The lowest BCUT2D eigenvalue weighted by atomic mass is 9.98. The molecule has 0 spiro atoms. The van der Waals surface area contributed by atoms with E-state index >= 15 is 0 Å². The Morgan fingerprint density at radius 2 is 1.84 bits per heavy atom. The topological polar surface area (TPSA) is 74.8 Å². The van der Waals surface area contributed by atoms with Gasteiger partial charge < -0.3 is 10.3 Å². The van der Waals surface area contributed by atoms with Crippen molar-refractivity contribution >= 4 is 33.4 Å². The van der Waals surface area contributed by atoms with Crippen LogP contribution in [0.5, 0.6) is 0 Å². The lowest BCUT2D eigenvalue weighted by Crippen LogP contribution is -2.07. The van der Waals surface area contributed by atoms with Crippen molar-refractivity contribution in [1.29, 1.82) is 0 Å². The van der Waals surface area contributed by atoms with E-state index in [9.17, 15) is 9.59 Å². The van der Waals surface area contributed by atoms with Crippen molar-refractivity contribution in [2.45, 2.75) is 6.92 Å². The third-order valence-electron chi connectivity index (χ3n) is 4.12. The first-order valence-corrected chi connectivity index (χ1v) is 7.91. The Balaban J connectivity index is 2.04. The van der Waals surface area contributed by atoms with Crippen molar-refractivity contribution in [3.05, 3.63) is 71.1 Å². The summed E-state index contributed by atoms with van der Waals surface area (Å²) in [6, 6.07) is 17.0. The number of nitrogens with zero attached hydrogens (tertiary/aromatic N) is 1. The second kappa shape index (κ2) is 5.87. The van der Waals surface area contributed by atoms with E-state index in [1.165, 1.54) is 6.92 Å². The van der Waals surface area contributed by atoms with Crippen molar-refractivity contribution in [2.24, 2.45) is 0 Å². The highest BCUT2D eigenvalue weighted by atomic mass is 16.1. The number of rotatable bonds is 2. The summed E-state index contributed by atoms with van der Waals surface area (Å²) in [7, 11) is 0. The summed E-state index contributed by atoms with van der Waals surface area (Å²) in [6.07, 6.45) is 1.67. The van der Waals surface area contributed by atoms with Gasteiger partial charge in [-0.2, -0.15) is 0 Å². The van der Waals surface area contributed by atoms with E-state index in [4.69, 9.17) is 0 Å². The standard InChI is InChI=1S/C20H15N3O2/c1-12(24)22-14-6-4-5-13(11-14)15-9-10-21-19-18(15)16-7-2-3-8-17(16)20(25)23-19/h2-11H,1H3,(H,22,24)(H,21,23,25). The summed E-state index contributed by atoms with van der Waals surface area (Å²) in [4.78, 5) is 30.8. The second-order valence-electron chi connectivity index (χ2n) is 5.84. The minimum atomic E-state index is -0.153. The first kappa shape index (κ1) is 15.1. The van der Waals surface area contributed by atoms with Gasteiger partial charge in [0.2, 0.25) is 5.91 Å². The van der Waals surface area contributed by atoms with Crippen LogP contribution in [0.4, 0.5) is 5.69 Å². The van der Waals surface area contributed by atoms with Crippen LogP contribution in [-0.2, 0) is 4.79 Å². The summed E-state index contributed by atoms with van der Waals surface area (Å²) in [6.45, 7) is 1.48. The summed E-state index contributed by atoms with van der Waals surface area (Å²) >= 11 is 0. The maximum Gasteiger partial charge on any atom is 0.257 e. The molecule has 0 bridgehead atoms. The minimum Gasteiger partial charge on any atom is -0.326 e. The number of aromatic amines is 1. The monoisotopic (exact) mass is 329 g/mol. The third kappa shape index (κ3) is 2.65. The van der Waals surface area contributed by atoms with Gasteiger partial charge >= 0.3 is 0 Å². The summed E-state index contributed by atoms with van der Waals surface area (Å²) in [5.74, 6) is -0.119. The van der Waals surface area contributed by atoms with Crippen LogP contribution >= 0.6 is 0 Å². The predicted octanol–water partition coefficient (Wildman–Crippen LogP) is 3.70. The van der Waals surface area contributed by atoms with Gasteiger partial charge in [-0.1, -0.05) is 30.3 Å². The zero-order valence-electron chi connectivity index (χ0n) is 13.5. The van der Waals surface area contributed by atoms with Gasteiger partial charge in [0.1, 0.15) is 5.65 Å². The van der Waals surface area contributed by atoms with Crippen LogP contribution in [0, 0.1) is 0 Å². The Labute approximate surface area is 143 Å². The van der Waals surface area contributed by atoms with Gasteiger partial charge in [-0.25, -0.2) is 4.98 Å². The zero-order chi connectivity index (χ0) is 17.4. The number of carbonyl (C=O) groups is 1. The number of H-pyrrole nitrogens is 1. The van der Waals surface area contributed by atoms with Gasteiger partial charge in [0.05, 0.1) is 0 Å². The highest BCUT2D eigenvalue weighted by molar-refractivity contribution is 6.11. The number of nitrogens with one attached hydrogen (secondary N) is 2. The van der Waals surface area contributed by atoms with Crippen LogP contribution in [0.25, 0.3) is 32.9 Å². The van der Waals surface area contributed by atoms with Gasteiger partial charge in [0, 0.05) is 29.6 Å². The number of hydrogen-bond acceptors (Lipinski definition) is 3. The molecule has 25 heavy (non-hydrogen) atoms. The molecule has 122 valence electrons. The molecule has 0 saturated heterocycles. The summed E-state index contributed by atoms with van der Waals surface area (Å²) < 4.78 is 0. The number of aromatic nitrogens is 2. The molecule has 0 radical (unpaired) electrons. The average Bonchev–Trinajstić information content (AvgIpc) is 2.61. The van der Waals surface area contributed by atoms with Crippen LogP contribution in [0.1, 0.15) is 6.92 Å². The van der Waals surface area contributed by atoms with E-state index in [1.54, 1.807) is 12.3 Å². The second-order valence-corrected chi connectivity index (χ2v) is 5.84. The van der Waals surface area contributed by atoms with Gasteiger partial charge in [-0.15, -0.1) is 0 Å². The fourth-order valence-electron chi connectivity index (χ4n) is 3.11. The number of pyridine rings is 2. The summed E-state index contributed by atoms with van der Waals surface area (Å²) in [5, 5.41) is 5.17. The van der Waals surface area contributed by atoms with Crippen molar-refractivity contribution < 1.29 is 4.79 Å². The molecule has 0 aliphatic carbocycles. The highest BCUT2D eigenvalue weighted by Crippen LogP contribution is 2.32. The minimum absolute atomic E-state index is 0.119. The largest absolute Gasteiger partial charge is 0.326 e. The summed E-state index contributed by atoms with van der Waals surface area (Å²) in [5.41, 5.74) is 3.01. The van der Waals surface area contributed by atoms with Gasteiger partial charge in [-0.05, 0) is 40.8 Å². The van der Waals surface area contributed by atoms with Crippen LogP contribution in [0.2, 0.25) is 0 Å². The van der Waals surface area contributed by atoms with Crippen LogP contribution in [-0.4, -0.2) is 15.9 Å². The lowest BCUT2D eigenvalue weighted by molar-refractivity contribution is -0.114. The van der Waals surface area contributed by atoms with E-state index in [2.05, 4.69) is 15.3 Å². The highest BCUT2D eigenvalue weighted by Gasteiger charge is 2.11. The lowest BCUT2D eigenvalue weighted by Gasteiger charge is -2.10. The molecule has 0 saturated carbocycles. The molecule has 2 heterocycles. The normalized spacial score (nSPS) is 10.9. The molecule has 0 fully saturated rings. The molecule has 4 aromatic rings. The Kier molecular flexibility index (Phi) is 3.54. The molecule has 0 aliphatic rings. The Hall–Kier alpha value is -3.47. The number of fused-ring (bicyclic) bond motifs is 3. The van der Waals surface area contributed by atoms with Crippen molar-refractivity contribution in [3.63, 3.8) is 0 Å². The molecule has 2 aromatic heterocycles. The fourth-order valence-corrected chi connectivity index (χ4v) is 3.11. The zero-order valence-corrected chi connectivity index (χ0v) is 13.5. The molecule has 5 nitrogen and oxygen atoms in total. The molecular weight excluding hydrogens is 314 g/mol. The number of anilines is 1. The van der Waals surface area contributed by atoms with Gasteiger partial charge in [0.25, 0.3) is 5.56 Å². The first-order valence-electron chi connectivity index (χ1n) is 7.91. The number of carbonyl (C=O) groups excluding carboxylic acids is 1. The van der Waals surface area contributed by atoms with Gasteiger partial charge in [-0.3, -0.25) is 9.59 Å². The Morgan fingerprint density at radius 3 is 2.64 bits per heavy atom. The molecule has 0 unspecified atom stereocenters. The SMILES string of the molecule is CC(=O)Nc1cccc(-c2ccnc3[nH]c(=O)c4ccccc4c23)c1. The quantitative estimate of drug-likeness (QED) is 0.551. The maximum atomic E-state index is 12.3. The van der Waals surface area contributed by atoms with Crippen molar-refractivity contribution in [2.75, 3.05) is 5.32 Å². The molecule has 1 amide bonds. The fraction of sp³-hybridized carbons (Fsp3) is 0.0500. The molecule has 0 aliphatic heterocycles. The van der Waals surface area contributed by atoms with E-state index in [0.717, 1.165) is 27.6 Å². The number of amides is 1. The van der Waals surface area contributed by atoms with Crippen LogP contribution in [0.15, 0.2) is 65.6 Å². The third-order valence-corrected chi connectivity index (χ3v) is 4.12. The van der Waals surface area contributed by atoms with E-state index in [-0.39, 0.29) is 11.5 Å². The Morgan fingerprint density at radius 1 is 1.04 bits per heavy atom. The molecule has 2 aromatic carbocycles. The van der Waals surface area contributed by atoms with E-state index in [0.29, 0.717) is 11.0 Å². The number of hydrogen-bond donors (Lipinski definition) is 2. The van der Waals surface area contributed by atoms with Gasteiger partial charge in [0.15, 0.2) is 0 Å². The maximum absolute atomic E-state index is 12.3. The molecule has 4 rings (SSSR count). The average molecular weight is 329 g/mol. The first-order chi connectivity index (χ1) is 12.1. The van der Waals surface area contributed by atoms with Crippen LogP contribution in [0.3, 0.4) is 0 Å². The smallest absolute Gasteiger partial charge is 0.257 e.